The molecule has 1 aliphatic rings. The minimum Gasteiger partial charge on any atom is -0.302 e. The summed E-state index contributed by atoms with van der Waals surface area (Å²) in [6.45, 7) is 5.59. The van der Waals surface area contributed by atoms with Crippen LogP contribution in [0.5, 0.6) is 0 Å². The molecule has 0 aromatic heterocycles. The van der Waals surface area contributed by atoms with Crippen molar-refractivity contribution in [3.8, 4) is 0 Å². The van der Waals surface area contributed by atoms with Crippen LogP contribution >= 0.6 is 12.2 Å². The monoisotopic (exact) mass is 263 g/mol. The molecule has 17 heavy (non-hydrogen) atoms. The van der Waals surface area contributed by atoms with Gasteiger partial charge in [0.1, 0.15) is 5.41 Å². The smallest absolute Gasteiger partial charge is 0.302 e. The maximum atomic E-state index is 12.0. The van der Waals surface area contributed by atoms with Crippen LogP contribution in [0.25, 0.3) is 0 Å². The molecule has 0 aliphatic carbocycles. The molecule has 2 amide bonds. The first kappa shape index (κ1) is 16.8. The fourth-order valence-electron chi connectivity index (χ4n) is 1.99. The van der Waals surface area contributed by atoms with Crippen LogP contribution in [0.15, 0.2) is 11.6 Å². The Bertz CT molecular complexity index is 360. The Morgan fingerprint density at radius 3 is 2.12 bits per heavy atom. The second-order valence-electron chi connectivity index (χ2n) is 3.79. The molecule has 88 valence electrons. The van der Waals surface area contributed by atoms with Gasteiger partial charge in [-0.25, -0.2) is 0 Å². The minimum atomic E-state index is -1.10. The molecular weight excluding hydrogens is 247 g/mol. The number of hydrogen-bond donors (Lipinski definition) is 2. The van der Waals surface area contributed by atoms with Crippen LogP contribution in [-0.4, -0.2) is 16.9 Å². The molecule has 1 rings (SSSR count). The molecule has 1 saturated heterocycles. The molecule has 0 unspecified atom stereocenters. The first-order chi connectivity index (χ1) is 7.48. The number of allylic oxidation sites excluding steroid dienone is 1. The summed E-state index contributed by atoms with van der Waals surface area (Å²) < 4.78 is 0. The zero-order valence-electron chi connectivity index (χ0n) is 10.7. The van der Waals surface area contributed by atoms with Gasteiger partial charge in [0.2, 0.25) is 11.8 Å². The molecule has 4 nitrogen and oxygen atoms in total. The number of amides is 2. The van der Waals surface area contributed by atoms with Crippen molar-refractivity contribution in [3.05, 3.63) is 11.6 Å². The Kier molecular flexibility index (Phi) is 6.55. The van der Waals surface area contributed by atoms with Gasteiger partial charge in [0.05, 0.1) is 0 Å². The van der Waals surface area contributed by atoms with E-state index in [1.807, 2.05) is 19.9 Å². The largest absolute Gasteiger partial charge is 1.00 e. The topological polar surface area (TPSA) is 58.2 Å². The van der Waals surface area contributed by atoms with Gasteiger partial charge >= 0.3 is 29.6 Å². The third kappa shape index (κ3) is 2.96. The van der Waals surface area contributed by atoms with E-state index in [0.29, 0.717) is 6.42 Å². The average Bonchev–Trinajstić information content (AvgIpc) is 2.18. The van der Waals surface area contributed by atoms with Crippen LogP contribution in [0.1, 0.15) is 33.6 Å². The third-order valence-corrected chi connectivity index (χ3v) is 3.15. The van der Waals surface area contributed by atoms with Crippen molar-refractivity contribution >= 4 is 29.1 Å². The number of hydrogen-bond acceptors (Lipinski definition) is 3. The van der Waals surface area contributed by atoms with Crippen LogP contribution in [0.2, 0.25) is 0 Å². The molecule has 0 bridgehead atoms. The summed E-state index contributed by atoms with van der Waals surface area (Å²) in [6.07, 6.45) is 3.12. The van der Waals surface area contributed by atoms with E-state index in [2.05, 4.69) is 10.6 Å². The maximum Gasteiger partial charge on any atom is 1.00 e. The molecule has 6 heteroatoms. The molecule has 1 heterocycles. The fraction of sp³-hybridized carbons (Fsp3) is 0.545. The Morgan fingerprint density at radius 2 is 1.76 bits per heavy atom. The van der Waals surface area contributed by atoms with Crippen molar-refractivity contribution in [2.75, 3.05) is 0 Å². The van der Waals surface area contributed by atoms with Crippen molar-refractivity contribution < 1.29 is 39.1 Å². The van der Waals surface area contributed by atoms with Gasteiger partial charge in [0.25, 0.3) is 0 Å². The standard InChI is InChI=1S/C11H16N2O2S.Na/c1-4-6-7(3)11(5-2)8(14)12-10(16)13-9(11)15;/h6H,4-5H2,1-3H3,(H2,12,13,14,15,16);/q;+1/b7-6+;. The minimum absolute atomic E-state index is 0. The predicted octanol–water partition coefficient (Wildman–Crippen LogP) is -1.73. The van der Waals surface area contributed by atoms with Crippen molar-refractivity contribution in [2.24, 2.45) is 5.41 Å². The van der Waals surface area contributed by atoms with E-state index >= 15 is 0 Å². The molecule has 2 N–H and O–H groups in total. The summed E-state index contributed by atoms with van der Waals surface area (Å²) in [4.78, 5) is 24.0. The first-order valence-corrected chi connectivity index (χ1v) is 5.74. The summed E-state index contributed by atoms with van der Waals surface area (Å²) in [5, 5.41) is 5.11. The van der Waals surface area contributed by atoms with Crippen LogP contribution in [0.4, 0.5) is 0 Å². The summed E-state index contributed by atoms with van der Waals surface area (Å²) >= 11 is 4.78. The van der Waals surface area contributed by atoms with E-state index in [1.54, 1.807) is 6.92 Å². The number of thiocarbonyl (C=S) groups is 1. The predicted molar refractivity (Wildman–Crippen MR) is 65.7 cm³/mol. The normalized spacial score (nSPS) is 19.2. The maximum absolute atomic E-state index is 12.0. The molecular formula is C11H16N2NaO2S+. The summed E-state index contributed by atoms with van der Waals surface area (Å²) in [6, 6.07) is 0. The van der Waals surface area contributed by atoms with E-state index < -0.39 is 5.41 Å². The molecule has 0 atom stereocenters. The van der Waals surface area contributed by atoms with Gasteiger partial charge in [-0.1, -0.05) is 25.5 Å². The molecule has 0 saturated carbocycles. The second kappa shape index (κ2) is 6.64. The molecule has 0 aromatic carbocycles. The van der Waals surface area contributed by atoms with Crippen LogP contribution in [0, 0.1) is 5.41 Å². The summed E-state index contributed by atoms with van der Waals surface area (Å²) in [7, 11) is 0. The van der Waals surface area contributed by atoms with Crippen LogP contribution in [0.3, 0.4) is 0 Å². The van der Waals surface area contributed by atoms with Crippen molar-refractivity contribution in [2.45, 2.75) is 33.6 Å². The molecule has 1 fully saturated rings. The Hall–Kier alpha value is -0.230. The Labute approximate surface area is 129 Å². The van der Waals surface area contributed by atoms with Crippen molar-refractivity contribution in [1.29, 1.82) is 0 Å². The second-order valence-corrected chi connectivity index (χ2v) is 4.20. The van der Waals surface area contributed by atoms with Gasteiger partial charge < -0.3 is 10.6 Å². The van der Waals surface area contributed by atoms with E-state index in [0.717, 1.165) is 12.0 Å². The van der Waals surface area contributed by atoms with Gasteiger partial charge in [0, 0.05) is 0 Å². The number of carbonyl (C=O) groups excluding carboxylic acids is 2. The quantitative estimate of drug-likeness (QED) is 0.275. The number of nitrogens with one attached hydrogen (secondary N) is 2. The average molecular weight is 263 g/mol. The van der Waals surface area contributed by atoms with Crippen LogP contribution in [-0.2, 0) is 9.59 Å². The molecule has 0 spiro atoms. The first-order valence-electron chi connectivity index (χ1n) is 5.33. The van der Waals surface area contributed by atoms with E-state index in [4.69, 9.17) is 12.2 Å². The third-order valence-electron chi connectivity index (χ3n) is 2.94. The number of rotatable bonds is 3. The van der Waals surface area contributed by atoms with E-state index in [9.17, 15) is 9.59 Å². The Balaban J connectivity index is 0.00000256. The van der Waals surface area contributed by atoms with Crippen molar-refractivity contribution in [3.63, 3.8) is 0 Å². The summed E-state index contributed by atoms with van der Waals surface area (Å²) in [5.74, 6) is -0.656. The zero-order valence-corrected chi connectivity index (χ0v) is 13.5. The van der Waals surface area contributed by atoms with Gasteiger partial charge in [-0.15, -0.1) is 0 Å². The Morgan fingerprint density at radius 1 is 1.29 bits per heavy atom. The van der Waals surface area contributed by atoms with Crippen LogP contribution < -0.4 is 40.2 Å². The van der Waals surface area contributed by atoms with Gasteiger partial charge in [-0.3, -0.25) is 9.59 Å². The van der Waals surface area contributed by atoms with E-state index in [-0.39, 0.29) is 46.5 Å². The SMILES string of the molecule is CC/C=C(\C)C1(CC)C(=O)NC(=S)NC1=O.[Na+]. The van der Waals surface area contributed by atoms with Crippen molar-refractivity contribution in [1.82, 2.24) is 10.6 Å². The zero-order chi connectivity index (χ0) is 12.3. The van der Waals surface area contributed by atoms with E-state index in [1.165, 1.54) is 0 Å². The molecule has 0 radical (unpaired) electrons. The summed E-state index contributed by atoms with van der Waals surface area (Å²) in [5.41, 5.74) is -0.326. The molecule has 0 aromatic rings. The van der Waals surface area contributed by atoms with Gasteiger partial charge in [0.15, 0.2) is 5.11 Å². The fourth-order valence-corrected chi connectivity index (χ4v) is 2.18. The van der Waals surface area contributed by atoms with Gasteiger partial charge in [-0.2, -0.15) is 0 Å². The number of carbonyl (C=O) groups is 2. The molecule has 1 aliphatic heterocycles. The van der Waals surface area contributed by atoms with Gasteiger partial charge in [-0.05, 0) is 32.0 Å².